The molecular formula is C17H11N5O3S. The lowest BCUT2D eigenvalue weighted by molar-refractivity contribution is 0.571. The number of hydrogen-bond acceptors (Lipinski definition) is 7. The Kier molecular flexibility index (Phi) is 5.24. The molecule has 9 heteroatoms. The Balaban J connectivity index is 2.39. The average Bonchev–Trinajstić information content (AvgIpc) is 3.08. The second-order valence-corrected chi connectivity index (χ2v) is 6.51. The van der Waals surface area contributed by atoms with Gasteiger partial charge in [-0.2, -0.15) is 15.8 Å². The zero-order chi connectivity index (χ0) is 19.3. The van der Waals surface area contributed by atoms with E-state index in [-0.39, 0.29) is 27.5 Å². The minimum Gasteiger partial charge on any atom is -0.457 e. The zero-order valence-electron chi connectivity index (χ0n) is 13.2. The molecule has 0 amide bonds. The summed E-state index contributed by atoms with van der Waals surface area (Å²) in [6.45, 7) is 0. The standard InChI is InChI=1S/C17H11N5O3S/c18-8-12(17(21)13(9-19)10-20)7-14-3-6-16(25-14)11-1-4-15(5-2-11)26(22,23)24/h1-7H,21H2,(H2,22,23,24). The largest absolute Gasteiger partial charge is 0.457 e. The van der Waals surface area contributed by atoms with E-state index in [1.165, 1.54) is 30.3 Å². The van der Waals surface area contributed by atoms with Crippen LogP contribution in [0.3, 0.4) is 0 Å². The lowest BCUT2D eigenvalue weighted by Gasteiger charge is -2.00. The first-order valence-corrected chi connectivity index (χ1v) is 8.50. The van der Waals surface area contributed by atoms with Gasteiger partial charge in [-0.25, -0.2) is 13.6 Å². The smallest absolute Gasteiger partial charge is 0.238 e. The van der Waals surface area contributed by atoms with Gasteiger partial charge >= 0.3 is 0 Å². The van der Waals surface area contributed by atoms with Crippen LogP contribution in [-0.2, 0) is 10.0 Å². The van der Waals surface area contributed by atoms with Crippen molar-refractivity contribution in [2.75, 3.05) is 0 Å². The maximum Gasteiger partial charge on any atom is 0.238 e. The molecule has 1 heterocycles. The van der Waals surface area contributed by atoms with Crippen molar-refractivity contribution < 1.29 is 12.8 Å². The third-order valence-corrected chi connectivity index (χ3v) is 4.21. The predicted octanol–water partition coefficient (Wildman–Crippen LogP) is 1.76. The van der Waals surface area contributed by atoms with Gasteiger partial charge in [0.2, 0.25) is 10.0 Å². The Hall–Kier alpha value is -3.84. The van der Waals surface area contributed by atoms with Crippen LogP contribution in [0.2, 0.25) is 0 Å². The number of nitrogens with zero attached hydrogens (tertiary/aromatic N) is 3. The molecule has 1 aromatic heterocycles. The Labute approximate surface area is 149 Å². The number of nitrogens with two attached hydrogens (primary N) is 2. The van der Waals surface area contributed by atoms with Gasteiger partial charge in [0.05, 0.1) is 16.2 Å². The van der Waals surface area contributed by atoms with Crippen LogP contribution in [0.25, 0.3) is 17.4 Å². The fourth-order valence-corrected chi connectivity index (χ4v) is 2.50. The fraction of sp³-hybridized carbons (Fsp3) is 0. The normalized spacial score (nSPS) is 11.1. The van der Waals surface area contributed by atoms with Crippen LogP contribution < -0.4 is 10.9 Å². The van der Waals surface area contributed by atoms with Crippen LogP contribution in [-0.4, -0.2) is 8.42 Å². The number of primary sulfonamides is 1. The summed E-state index contributed by atoms with van der Waals surface area (Å²) in [7, 11) is -3.79. The maximum atomic E-state index is 11.3. The van der Waals surface area contributed by atoms with E-state index in [4.69, 9.17) is 31.1 Å². The number of benzene rings is 1. The van der Waals surface area contributed by atoms with E-state index in [1.807, 2.05) is 6.07 Å². The molecule has 128 valence electrons. The molecule has 26 heavy (non-hydrogen) atoms. The molecule has 0 spiro atoms. The Bertz CT molecular complexity index is 1120. The second-order valence-electron chi connectivity index (χ2n) is 4.95. The van der Waals surface area contributed by atoms with Crippen LogP contribution >= 0.6 is 0 Å². The lowest BCUT2D eigenvalue weighted by atomic mass is 10.1. The van der Waals surface area contributed by atoms with Gasteiger partial charge in [0.1, 0.15) is 29.7 Å². The first-order chi connectivity index (χ1) is 12.3. The molecule has 0 unspecified atom stereocenters. The van der Waals surface area contributed by atoms with Gasteiger partial charge in [-0.3, -0.25) is 0 Å². The quantitative estimate of drug-likeness (QED) is 0.613. The highest BCUT2D eigenvalue weighted by Gasteiger charge is 2.11. The second kappa shape index (κ2) is 7.37. The third-order valence-electron chi connectivity index (χ3n) is 3.28. The summed E-state index contributed by atoms with van der Waals surface area (Å²) in [5, 5.41) is 31.8. The molecule has 0 saturated heterocycles. The lowest BCUT2D eigenvalue weighted by Crippen LogP contribution is -2.11. The van der Waals surface area contributed by atoms with Crippen LogP contribution in [0.1, 0.15) is 5.76 Å². The van der Waals surface area contributed by atoms with E-state index in [2.05, 4.69) is 0 Å². The van der Waals surface area contributed by atoms with Crippen LogP contribution in [0.4, 0.5) is 0 Å². The topological polar surface area (TPSA) is 171 Å². The van der Waals surface area contributed by atoms with Crippen molar-refractivity contribution in [3.05, 3.63) is 59.0 Å². The highest BCUT2D eigenvalue weighted by atomic mass is 32.2. The molecule has 0 bridgehead atoms. The fourth-order valence-electron chi connectivity index (χ4n) is 1.99. The van der Waals surface area contributed by atoms with Gasteiger partial charge in [-0.15, -0.1) is 0 Å². The predicted molar refractivity (Wildman–Crippen MR) is 91.5 cm³/mol. The van der Waals surface area contributed by atoms with E-state index < -0.39 is 10.0 Å². The molecule has 2 aromatic rings. The van der Waals surface area contributed by atoms with E-state index in [1.54, 1.807) is 24.3 Å². The van der Waals surface area contributed by atoms with Gasteiger partial charge < -0.3 is 10.2 Å². The molecule has 2 rings (SSSR count). The monoisotopic (exact) mass is 365 g/mol. The number of sulfonamides is 1. The van der Waals surface area contributed by atoms with Gasteiger partial charge in [-0.05, 0) is 36.4 Å². The van der Waals surface area contributed by atoms with Crippen LogP contribution in [0.15, 0.2) is 62.6 Å². The van der Waals surface area contributed by atoms with Crippen LogP contribution in [0, 0.1) is 34.0 Å². The number of nitriles is 3. The van der Waals surface area contributed by atoms with Gasteiger partial charge in [0.25, 0.3) is 0 Å². The Morgan fingerprint density at radius 3 is 2.12 bits per heavy atom. The van der Waals surface area contributed by atoms with Gasteiger partial charge in [-0.1, -0.05) is 0 Å². The Morgan fingerprint density at radius 2 is 1.62 bits per heavy atom. The molecule has 0 fully saturated rings. The SMILES string of the molecule is N#CC(=Cc1ccc(-c2ccc(S(N)(=O)=O)cc2)o1)C(N)=C(C#N)C#N. The molecule has 0 aliphatic heterocycles. The molecular weight excluding hydrogens is 354 g/mol. The zero-order valence-corrected chi connectivity index (χ0v) is 14.0. The molecule has 1 aromatic carbocycles. The molecule has 0 radical (unpaired) electrons. The third kappa shape index (κ3) is 3.97. The highest BCUT2D eigenvalue weighted by Crippen LogP contribution is 2.25. The van der Waals surface area contributed by atoms with Crippen LogP contribution in [0.5, 0.6) is 0 Å². The highest BCUT2D eigenvalue weighted by molar-refractivity contribution is 7.89. The van der Waals surface area contributed by atoms with Crippen molar-refractivity contribution in [3.63, 3.8) is 0 Å². The van der Waals surface area contributed by atoms with Crippen molar-refractivity contribution in [2.45, 2.75) is 4.90 Å². The minimum atomic E-state index is -3.79. The first kappa shape index (κ1) is 18.5. The molecule has 8 nitrogen and oxygen atoms in total. The maximum absolute atomic E-state index is 11.3. The minimum absolute atomic E-state index is 0.0295. The van der Waals surface area contributed by atoms with E-state index >= 15 is 0 Å². The summed E-state index contributed by atoms with van der Waals surface area (Å²) >= 11 is 0. The number of furan rings is 1. The average molecular weight is 365 g/mol. The molecule has 0 aliphatic rings. The molecule has 0 aliphatic carbocycles. The summed E-state index contributed by atoms with van der Waals surface area (Å²) in [4.78, 5) is -0.0295. The molecule has 0 atom stereocenters. The van der Waals surface area contributed by atoms with Crippen molar-refractivity contribution in [2.24, 2.45) is 10.9 Å². The van der Waals surface area contributed by atoms with Crippen molar-refractivity contribution in [1.82, 2.24) is 0 Å². The van der Waals surface area contributed by atoms with Crippen molar-refractivity contribution in [1.29, 1.82) is 15.8 Å². The molecule has 0 saturated carbocycles. The summed E-state index contributed by atoms with van der Waals surface area (Å²) in [5.41, 5.74) is 5.54. The Morgan fingerprint density at radius 1 is 1.00 bits per heavy atom. The summed E-state index contributed by atoms with van der Waals surface area (Å²) in [6, 6.07) is 13.9. The summed E-state index contributed by atoms with van der Waals surface area (Å²) in [5.74, 6) is 0.683. The number of allylic oxidation sites excluding steroid dienone is 2. The first-order valence-electron chi connectivity index (χ1n) is 6.95. The van der Waals surface area contributed by atoms with E-state index in [0.717, 1.165) is 0 Å². The summed E-state index contributed by atoms with van der Waals surface area (Å²) in [6.07, 6.45) is 1.30. The summed E-state index contributed by atoms with van der Waals surface area (Å²) < 4.78 is 28.1. The van der Waals surface area contributed by atoms with Gasteiger partial charge in [0, 0.05) is 11.6 Å². The van der Waals surface area contributed by atoms with Gasteiger partial charge in [0.15, 0.2) is 5.57 Å². The molecule has 4 N–H and O–H groups in total. The van der Waals surface area contributed by atoms with Crippen molar-refractivity contribution >= 4 is 16.1 Å². The van der Waals surface area contributed by atoms with E-state index in [0.29, 0.717) is 11.3 Å². The number of rotatable bonds is 4. The van der Waals surface area contributed by atoms with E-state index in [9.17, 15) is 8.42 Å². The number of hydrogen-bond donors (Lipinski definition) is 2. The van der Waals surface area contributed by atoms with Crippen molar-refractivity contribution in [3.8, 4) is 29.5 Å².